The summed E-state index contributed by atoms with van der Waals surface area (Å²) < 4.78 is 11.3. The number of methoxy groups -OCH3 is 1. The highest BCUT2D eigenvalue weighted by Gasteiger charge is 2.29. The zero-order valence-electron chi connectivity index (χ0n) is 14.2. The summed E-state index contributed by atoms with van der Waals surface area (Å²) >= 11 is 0. The van der Waals surface area contributed by atoms with Gasteiger partial charge < -0.3 is 14.4 Å². The molecule has 1 atom stereocenters. The Hall–Kier alpha value is -2.14. The largest absolute Gasteiger partial charge is 0.497 e. The van der Waals surface area contributed by atoms with E-state index in [-0.39, 0.29) is 6.10 Å². The van der Waals surface area contributed by atoms with E-state index in [2.05, 4.69) is 35.0 Å². The van der Waals surface area contributed by atoms with E-state index in [1.165, 1.54) is 12.8 Å². The third kappa shape index (κ3) is 3.22. The maximum absolute atomic E-state index is 5.99. The molecule has 1 aliphatic heterocycles. The highest BCUT2D eigenvalue weighted by atomic mass is 16.5. The molecule has 24 heavy (non-hydrogen) atoms. The number of benzene rings is 1. The van der Waals surface area contributed by atoms with Gasteiger partial charge in [0.2, 0.25) is 0 Å². The van der Waals surface area contributed by atoms with Crippen LogP contribution in [0, 0.1) is 6.92 Å². The minimum Gasteiger partial charge on any atom is -0.497 e. The molecule has 0 spiro atoms. The number of morpholine rings is 1. The van der Waals surface area contributed by atoms with Gasteiger partial charge in [0.1, 0.15) is 23.5 Å². The van der Waals surface area contributed by atoms with Crippen molar-refractivity contribution in [3.05, 3.63) is 47.4 Å². The van der Waals surface area contributed by atoms with E-state index in [0.717, 1.165) is 41.7 Å². The van der Waals surface area contributed by atoms with Crippen LogP contribution in [0.15, 0.2) is 30.3 Å². The fourth-order valence-electron chi connectivity index (χ4n) is 3.16. The molecule has 1 saturated carbocycles. The van der Waals surface area contributed by atoms with Crippen LogP contribution < -0.4 is 9.64 Å². The Labute approximate surface area is 142 Å². The molecule has 0 N–H and O–H groups in total. The number of anilines is 1. The van der Waals surface area contributed by atoms with E-state index in [4.69, 9.17) is 14.5 Å². The van der Waals surface area contributed by atoms with Crippen LogP contribution in [0.2, 0.25) is 0 Å². The van der Waals surface area contributed by atoms with Gasteiger partial charge in [-0.25, -0.2) is 9.97 Å². The van der Waals surface area contributed by atoms with Crippen LogP contribution in [0.3, 0.4) is 0 Å². The minimum atomic E-state index is 0.0356. The predicted octanol–water partition coefficient (Wildman–Crippen LogP) is 3.25. The first-order valence-electron chi connectivity index (χ1n) is 8.59. The molecule has 2 fully saturated rings. The Morgan fingerprint density at radius 3 is 2.88 bits per heavy atom. The molecule has 0 amide bonds. The summed E-state index contributed by atoms with van der Waals surface area (Å²) in [5, 5.41) is 0. The maximum atomic E-state index is 5.99. The van der Waals surface area contributed by atoms with Crippen LogP contribution in [0.1, 0.15) is 41.9 Å². The first kappa shape index (κ1) is 15.4. The van der Waals surface area contributed by atoms with Crippen LogP contribution >= 0.6 is 0 Å². The van der Waals surface area contributed by atoms with Gasteiger partial charge in [-0.2, -0.15) is 0 Å². The van der Waals surface area contributed by atoms with E-state index in [9.17, 15) is 0 Å². The van der Waals surface area contributed by atoms with E-state index >= 15 is 0 Å². The fourth-order valence-corrected chi connectivity index (χ4v) is 3.16. The topological polar surface area (TPSA) is 47.5 Å². The molecule has 0 unspecified atom stereocenters. The first-order chi connectivity index (χ1) is 11.7. The van der Waals surface area contributed by atoms with Crippen molar-refractivity contribution in [2.75, 3.05) is 31.7 Å². The van der Waals surface area contributed by atoms with Gasteiger partial charge in [0.05, 0.1) is 13.7 Å². The third-order valence-corrected chi connectivity index (χ3v) is 4.66. The lowest BCUT2D eigenvalue weighted by molar-refractivity contribution is 0.0394. The Morgan fingerprint density at radius 2 is 2.08 bits per heavy atom. The summed E-state index contributed by atoms with van der Waals surface area (Å²) in [5.41, 5.74) is 2.19. The lowest BCUT2D eigenvalue weighted by atomic mass is 10.1. The second-order valence-electron chi connectivity index (χ2n) is 6.58. The molecule has 1 aromatic heterocycles. The number of hydrogen-bond donors (Lipinski definition) is 0. The molecule has 1 saturated heterocycles. The molecule has 2 aromatic rings. The summed E-state index contributed by atoms with van der Waals surface area (Å²) in [6.45, 7) is 4.41. The second kappa shape index (κ2) is 6.40. The number of hydrogen-bond acceptors (Lipinski definition) is 5. The number of rotatable bonds is 4. The summed E-state index contributed by atoms with van der Waals surface area (Å²) in [6, 6.07) is 10.2. The Bertz CT molecular complexity index is 730. The van der Waals surface area contributed by atoms with E-state index in [1.807, 2.05) is 12.1 Å². The average molecular weight is 325 g/mol. The van der Waals surface area contributed by atoms with Crippen LogP contribution in [0.25, 0.3) is 0 Å². The quantitative estimate of drug-likeness (QED) is 0.863. The van der Waals surface area contributed by atoms with Crippen molar-refractivity contribution in [1.82, 2.24) is 9.97 Å². The first-order valence-corrected chi connectivity index (χ1v) is 8.59. The molecule has 4 rings (SSSR count). The third-order valence-electron chi connectivity index (χ3n) is 4.66. The van der Waals surface area contributed by atoms with Crippen LogP contribution in [-0.2, 0) is 4.74 Å². The Kier molecular flexibility index (Phi) is 4.10. The highest BCUT2D eigenvalue weighted by molar-refractivity contribution is 5.42. The minimum absolute atomic E-state index is 0.0356. The molecule has 5 nitrogen and oxygen atoms in total. The molecular formula is C19H23N3O2. The van der Waals surface area contributed by atoms with Crippen molar-refractivity contribution in [1.29, 1.82) is 0 Å². The van der Waals surface area contributed by atoms with Crippen LogP contribution in [0.5, 0.6) is 5.75 Å². The van der Waals surface area contributed by atoms with Crippen molar-refractivity contribution in [3.8, 4) is 5.75 Å². The van der Waals surface area contributed by atoms with E-state index in [1.54, 1.807) is 7.11 Å². The number of ether oxygens (including phenoxy) is 2. The molecule has 0 radical (unpaired) electrons. The van der Waals surface area contributed by atoms with Gasteiger partial charge in [0.25, 0.3) is 0 Å². The Balaban J connectivity index is 1.56. The SMILES string of the molecule is COc1cccc([C@@H]2CN(c3cc(C)nc(C4CC4)n3)CCO2)c1. The number of aryl methyl sites for hydroxylation is 1. The fraction of sp³-hybridized carbons (Fsp3) is 0.474. The summed E-state index contributed by atoms with van der Waals surface area (Å²) in [6.07, 6.45) is 2.48. The van der Waals surface area contributed by atoms with Crippen molar-refractivity contribution in [3.63, 3.8) is 0 Å². The van der Waals surface area contributed by atoms with Gasteiger partial charge in [-0.15, -0.1) is 0 Å². The maximum Gasteiger partial charge on any atom is 0.134 e. The van der Waals surface area contributed by atoms with Crippen LogP contribution in [0.4, 0.5) is 5.82 Å². The van der Waals surface area contributed by atoms with Crippen molar-refractivity contribution in [2.24, 2.45) is 0 Å². The zero-order chi connectivity index (χ0) is 16.5. The Morgan fingerprint density at radius 1 is 1.21 bits per heavy atom. The lowest BCUT2D eigenvalue weighted by Crippen LogP contribution is -2.39. The highest BCUT2D eigenvalue weighted by Crippen LogP contribution is 2.39. The predicted molar refractivity (Wildman–Crippen MR) is 92.6 cm³/mol. The standard InChI is InChI=1S/C19H23N3O2/c1-13-10-18(21-19(20-13)14-6-7-14)22-8-9-24-17(12-22)15-4-3-5-16(11-15)23-2/h3-5,10-11,14,17H,6-9,12H2,1-2H3/t17-/m0/s1. The second-order valence-corrected chi connectivity index (χ2v) is 6.58. The van der Waals surface area contributed by atoms with Gasteiger partial charge in [0, 0.05) is 30.8 Å². The lowest BCUT2D eigenvalue weighted by Gasteiger charge is -2.34. The smallest absolute Gasteiger partial charge is 0.134 e. The van der Waals surface area contributed by atoms with Gasteiger partial charge in [-0.05, 0) is 37.5 Å². The monoisotopic (exact) mass is 325 g/mol. The van der Waals surface area contributed by atoms with Gasteiger partial charge in [0.15, 0.2) is 0 Å². The van der Waals surface area contributed by atoms with E-state index in [0.29, 0.717) is 12.5 Å². The van der Waals surface area contributed by atoms with E-state index < -0.39 is 0 Å². The summed E-state index contributed by atoms with van der Waals surface area (Å²) in [4.78, 5) is 11.7. The van der Waals surface area contributed by atoms with Crippen molar-refractivity contribution in [2.45, 2.75) is 31.8 Å². The molecular weight excluding hydrogens is 302 g/mol. The normalized spacial score (nSPS) is 20.9. The zero-order valence-corrected chi connectivity index (χ0v) is 14.2. The molecule has 1 aromatic carbocycles. The van der Waals surface area contributed by atoms with Crippen molar-refractivity contribution >= 4 is 5.82 Å². The molecule has 1 aliphatic carbocycles. The van der Waals surface area contributed by atoms with Crippen LogP contribution in [-0.4, -0.2) is 36.8 Å². The van der Waals surface area contributed by atoms with Crippen molar-refractivity contribution < 1.29 is 9.47 Å². The van der Waals surface area contributed by atoms with Gasteiger partial charge in [-0.3, -0.25) is 0 Å². The molecule has 0 bridgehead atoms. The molecule has 2 aliphatic rings. The van der Waals surface area contributed by atoms with Gasteiger partial charge in [-0.1, -0.05) is 12.1 Å². The number of aromatic nitrogens is 2. The summed E-state index contributed by atoms with van der Waals surface area (Å²) in [5.74, 6) is 3.47. The molecule has 5 heteroatoms. The number of nitrogens with zero attached hydrogens (tertiary/aromatic N) is 3. The molecule has 2 heterocycles. The average Bonchev–Trinajstić information content (AvgIpc) is 3.46. The molecule has 126 valence electrons. The van der Waals surface area contributed by atoms with Gasteiger partial charge >= 0.3 is 0 Å². The summed E-state index contributed by atoms with van der Waals surface area (Å²) in [7, 11) is 1.69.